The van der Waals surface area contributed by atoms with Crippen molar-refractivity contribution in [1.29, 1.82) is 0 Å². The van der Waals surface area contributed by atoms with Gasteiger partial charge in [0.1, 0.15) is 5.75 Å². The number of benzene rings is 1. The maximum absolute atomic E-state index is 11.8. The predicted octanol–water partition coefficient (Wildman–Crippen LogP) is 2.04. The van der Waals surface area contributed by atoms with Crippen LogP contribution in [0.15, 0.2) is 40.0 Å². The van der Waals surface area contributed by atoms with E-state index in [0.29, 0.717) is 17.7 Å². The number of hydrogen-bond acceptors (Lipinski definition) is 7. The van der Waals surface area contributed by atoms with Gasteiger partial charge in [-0.05, 0) is 25.0 Å². The Hall–Kier alpha value is -2.06. The summed E-state index contributed by atoms with van der Waals surface area (Å²) in [6.45, 7) is 1.54. The van der Waals surface area contributed by atoms with Crippen molar-refractivity contribution < 1.29 is 18.7 Å². The molecule has 2 heterocycles. The van der Waals surface area contributed by atoms with Gasteiger partial charge < -0.3 is 19.2 Å². The lowest BCUT2D eigenvalue weighted by Gasteiger charge is -2.09. The highest BCUT2D eigenvalue weighted by atomic mass is 32.2. The molecule has 1 aliphatic heterocycles. The van der Waals surface area contributed by atoms with Crippen LogP contribution in [0.5, 0.6) is 5.75 Å². The average molecular weight is 349 g/mol. The first-order valence-electron chi connectivity index (χ1n) is 7.81. The van der Waals surface area contributed by atoms with E-state index in [9.17, 15) is 4.79 Å². The minimum absolute atomic E-state index is 0.0733. The SMILES string of the molecule is O=C(CSc1nnc(COc2ccccc2)o1)NC[C@@H]1CCCO1. The number of hydrogen-bond donors (Lipinski definition) is 1. The van der Waals surface area contributed by atoms with Crippen LogP contribution in [0.4, 0.5) is 0 Å². The molecule has 1 aliphatic rings. The molecule has 0 bridgehead atoms. The van der Waals surface area contributed by atoms with E-state index in [4.69, 9.17) is 13.9 Å². The normalized spacial score (nSPS) is 16.9. The van der Waals surface area contributed by atoms with Crippen LogP contribution in [0.1, 0.15) is 18.7 Å². The summed E-state index contributed by atoms with van der Waals surface area (Å²) in [4.78, 5) is 11.8. The van der Waals surface area contributed by atoms with Gasteiger partial charge in [-0.1, -0.05) is 30.0 Å². The fourth-order valence-electron chi connectivity index (χ4n) is 2.23. The summed E-state index contributed by atoms with van der Waals surface area (Å²) in [5.41, 5.74) is 0. The van der Waals surface area contributed by atoms with E-state index in [0.717, 1.165) is 25.2 Å². The number of thioether (sulfide) groups is 1. The third kappa shape index (κ3) is 5.24. The highest BCUT2D eigenvalue weighted by Gasteiger charge is 2.16. The number of aromatic nitrogens is 2. The summed E-state index contributed by atoms with van der Waals surface area (Å²) in [6, 6.07) is 9.40. The third-order valence-corrected chi connectivity index (χ3v) is 4.25. The van der Waals surface area contributed by atoms with Gasteiger partial charge in [0.15, 0.2) is 6.61 Å². The van der Waals surface area contributed by atoms with Gasteiger partial charge in [0.2, 0.25) is 5.91 Å². The molecule has 128 valence electrons. The second-order valence-corrected chi connectivity index (χ2v) is 6.22. The van der Waals surface area contributed by atoms with Crippen molar-refractivity contribution in [3.63, 3.8) is 0 Å². The molecule has 0 spiro atoms. The number of rotatable bonds is 8. The quantitative estimate of drug-likeness (QED) is 0.730. The van der Waals surface area contributed by atoms with Gasteiger partial charge in [-0.3, -0.25) is 4.79 Å². The fourth-order valence-corrected chi connectivity index (χ4v) is 2.84. The number of nitrogens with zero attached hydrogens (tertiary/aromatic N) is 2. The van der Waals surface area contributed by atoms with Gasteiger partial charge in [-0.2, -0.15) is 0 Å². The Balaban J connectivity index is 1.36. The molecular formula is C16H19N3O4S. The first-order chi connectivity index (χ1) is 11.8. The van der Waals surface area contributed by atoms with E-state index in [1.807, 2.05) is 30.3 Å². The molecule has 7 nitrogen and oxygen atoms in total. The second kappa shape index (κ2) is 8.70. The van der Waals surface area contributed by atoms with Gasteiger partial charge in [0.05, 0.1) is 11.9 Å². The van der Waals surface area contributed by atoms with Crippen LogP contribution in [0.3, 0.4) is 0 Å². The molecule has 1 atom stereocenters. The maximum atomic E-state index is 11.8. The number of amides is 1. The summed E-state index contributed by atoms with van der Waals surface area (Å²) >= 11 is 1.20. The van der Waals surface area contributed by atoms with E-state index in [-0.39, 0.29) is 24.4 Å². The average Bonchev–Trinajstić information content (AvgIpc) is 3.29. The Morgan fingerprint density at radius 1 is 1.33 bits per heavy atom. The summed E-state index contributed by atoms with van der Waals surface area (Å²) < 4.78 is 16.4. The molecule has 1 aromatic carbocycles. The van der Waals surface area contributed by atoms with Crippen LogP contribution >= 0.6 is 11.8 Å². The van der Waals surface area contributed by atoms with E-state index in [2.05, 4.69) is 15.5 Å². The first-order valence-corrected chi connectivity index (χ1v) is 8.79. The molecule has 0 aliphatic carbocycles. The Morgan fingerprint density at radius 3 is 3.00 bits per heavy atom. The van der Waals surface area contributed by atoms with Gasteiger partial charge in [-0.15, -0.1) is 10.2 Å². The van der Waals surface area contributed by atoms with Gasteiger partial charge in [0, 0.05) is 13.2 Å². The van der Waals surface area contributed by atoms with E-state index in [1.165, 1.54) is 11.8 Å². The van der Waals surface area contributed by atoms with Crippen molar-refractivity contribution in [1.82, 2.24) is 15.5 Å². The summed E-state index contributed by atoms with van der Waals surface area (Å²) in [5.74, 6) is 1.27. The molecule has 1 fully saturated rings. The number of carbonyl (C=O) groups excluding carboxylic acids is 1. The lowest BCUT2D eigenvalue weighted by molar-refractivity contribution is -0.119. The predicted molar refractivity (Wildman–Crippen MR) is 87.8 cm³/mol. The van der Waals surface area contributed by atoms with Crippen molar-refractivity contribution in [2.75, 3.05) is 18.9 Å². The zero-order valence-electron chi connectivity index (χ0n) is 13.1. The molecule has 1 aromatic heterocycles. The molecule has 0 radical (unpaired) electrons. The number of para-hydroxylation sites is 1. The molecule has 0 unspecified atom stereocenters. The summed E-state index contributed by atoms with van der Waals surface area (Å²) in [5, 5.41) is 11.0. The molecule has 0 saturated carbocycles. The number of ether oxygens (including phenoxy) is 2. The summed E-state index contributed by atoms with van der Waals surface area (Å²) in [6.07, 6.45) is 2.21. The Labute approximate surface area is 144 Å². The monoisotopic (exact) mass is 349 g/mol. The molecule has 1 N–H and O–H groups in total. The zero-order valence-corrected chi connectivity index (χ0v) is 14.0. The van der Waals surface area contributed by atoms with Crippen LogP contribution in [-0.2, 0) is 16.1 Å². The van der Waals surface area contributed by atoms with Crippen molar-refractivity contribution in [3.8, 4) is 5.75 Å². The van der Waals surface area contributed by atoms with Crippen molar-refractivity contribution >= 4 is 17.7 Å². The number of nitrogens with one attached hydrogen (secondary N) is 1. The van der Waals surface area contributed by atoms with Crippen LogP contribution in [0, 0.1) is 0 Å². The molecule has 1 amide bonds. The highest BCUT2D eigenvalue weighted by Crippen LogP contribution is 2.17. The van der Waals surface area contributed by atoms with E-state index < -0.39 is 0 Å². The number of carbonyl (C=O) groups is 1. The van der Waals surface area contributed by atoms with Gasteiger partial charge in [-0.25, -0.2) is 0 Å². The van der Waals surface area contributed by atoms with Crippen molar-refractivity contribution in [3.05, 3.63) is 36.2 Å². The Kier molecular flexibility index (Phi) is 6.08. The standard InChI is InChI=1S/C16H19N3O4S/c20-14(17-9-13-7-4-8-21-13)11-24-16-19-18-15(23-16)10-22-12-5-2-1-3-6-12/h1-3,5-6,13H,4,7-11H2,(H,17,20)/t13-/m0/s1. The van der Waals surface area contributed by atoms with Crippen LogP contribution in [-0.4, -0.2) is 41.1 Å². The lowest BCUT2D eigenvalue weighted by atomic mass is 10.2. The smallest absolute Gasteiger partial charge is 0.277 e. The largest absolute Gasteiger partial charge is 0.484 e. The maximum Gasteiger partial charge on any atom is 0.277 e. The van der Waals surface area contributed by atoms with Gasteiger partial charge in [0.25, 0.3) is 11.1 Å². The minimum atomic E-state index is -0.0733. The third-order valence-electron chi connectivity index (χ3n) is 3.43. The molecular weight excluding hydrogens is 330 g/mol. The Bertz CT molecular complexity index is 644. The minimum Gasteiger partial charge on any atom is -0.484 e. The van der Waals surface area contributed by atoms with Crippen LogP contribution in [0.2, 0.25) is 0 Å². The lowest BCUT2D eigenvalue weighted by Crippen LogP contribution is -2.32. The molecule has 8 heteroatoms. The molecule has 3 rings (SSSR count). The fraction of sp³-hybridized carbons (Fsp3) is 0.438. The Morgan fingerprint density at radius 2 is 2.21 bits per heavy atom. The van der Waals surface area contributed by atoms with Crippen LogP contribution < -0.4 is 10.1 Å². The van der Waals surface area contributed by atoms with Crippen molar-refractivity contribution in [2.24, 2.45) is 0 Å². The van der Waals surface area contributed by atoms with Crippen LogP contribution in [0.25, 0.3) is 0 Å². The zero-order chi connectivity index (χ0) is 16.6. The highest BCUT2D eigenvalue weighted by molar-refractivity contribution is 7.99. The van der Waals surface area contributed by atoms with Gasteiger partial charge >= 0.3 is 0 Å². The topological polar surface area (TPSA) is 86.5 Å². The first kappa shape index (κ1) is 16.8. The van der Waals surface area contributed by atoms with E-state index in [1.54, 1.807) is 0 Å². The molecule has 24 heavy (non-hydrogen) atoms. The van der Waals surface area contributed by atoms with E-state index >= 15 is 0 Å². The van der Waals surface area contributed by atoms with Crippen molar-refractivity contribution in [2.45, 2.75) is 30.8 Å². The second-order valence-electron chi connectivity index (χ2n) is 5.29. The molecule has 2 aromatic rings. The molecule has 1 saturated heterocycles. The summed E-state index contributed by atoms with van der Waals surface area (Å²) in [7, 11) is 0.